The van der Waals surface area contributed by atoms with Crippen molar-refractivity contribution in [1.29, 1.82) is 0 Å². The molecule has 1 aliphatic carbocycles. The van der Waals surface area contributed by atoms with Crippen molar-refractivity contribution in [2.45, 2.75) is 0 Å². The van der Waals surface area contributed by atoms with Gasteiger partial charge in [-0.3, -0.25) is 14.1 Å². The van der Waals surface area contributed by atoms with Crippen LogP contribution in [0.5, 0.6) is 0 Å². The maximum absolute atomic E-state index is 12.4. The van der Waals surface area contributed by atoms with Gasteiger partial charge in [0.15, 0.2) is 0 Å². The Morgan fingerprint density at radius 1 is 0.962 bits per heavy atom. The number of Topliss-reactive ketones (excluding diaryl/α,β-unsaturated/α-hetero) is 1. The average molecular weight is 410 g/mol. The maximum atomic E-state index is 12.4. The minimum absolute atomic E-state index is 0. The molecule has 0 saturated carbocycles. The zero-order valence-corrected chi connectivity index (χ0v) is 22.8. The van der Waals surface area contributed by atoms with Crippen LogP contribution in [0.4, 0.5) is 0 Å². The van der Waals surface area contributed by atoms with Gasteiger partial charge in [-0.1, -0.05) is 0 Å². The summed E-state index contributed by atoms with van der Waals surface area (Å²) in [5, 5.41) is 0. The molecule has 13 heteroatoms. The van der Waals surface area contributed by atoms with Crippen molar-refractivity contribution < 1.29 is 116 Å². The molecule has 0 aromatic heterocycles. The molecule has 0 aromatic carbocycles. The molecule has 0 bridgehead atoms. The number of rotatable bonds is 5. The molecule has 4 aliphatic rings. The monoisotopic (exact) mass is 410 g/mol. The molecular formula is C13H21N4Na3O5Si. The third kappa shape index (κ3) is 6.70. The van der Waals surface area contributed by atoms with E-state index < -0.39 is 9.17 Å². The van der Waals surface area contributed by atoms with Gasteiger partial charge in [0.05, 0.1) is 12.8 Å². The van der Waals surface area contributed by atoms with E-state index in [1.807, 2.05) is 14.7 Å². The van der Waals surface area contributed by atoms with Gasteiger partial charge in [-0.25, -0.2) is 0 Å². The summed E-state index contributed by atoms with van der Waals surface area (Å²) in [5.41, 5.74) is 1.89. The minimum atomic E-state index is -2.34. The zero-order valence-electron chi connectivity index (χ0n) is 18.8. The summed E-state index contributed by atoms with van der Waals surface area (Å²) in [6.45, 7) is 5.41. The first-order valence-electron chi connectivity index (χ1n) is 7.31. The van der Waals surface area contributed by atoms with E-state index in [4.69, 9.17) is 0 Å². The standard InChI is InChI=1S/C12H13N3O2.CH5NO3Si.3Na.3H/c16-9-7-8(13-1-2-13)12(17)11(15-5-6-15)10(9)14-3-4-14;1-4-6(3)5-2;;;;;;/h7H,1-6H2;2H2,1H3;;;;;;/q;;3*+1;3*-1. The largest absolute Gasteiger partial charge is 1.00 e. The summed E-state index contributed by atoms with van der Waals surface area (Å²) in [5.74, 6) is 4.44. The molecule has 26 heavy (non-hydrogen) atoms. The zero-order chi connectivity index (χ0) is 16.6. The first-order chi connectivity index (χ1) is 11.1. The van der Waals surface area contributed by atoms with Crippen LogP contribution in [0.1, 0.15) is 4.28 Å². The van der Waals surface area contributed by atoms with Crippen LogP contribution in [0.15, 0.2) is 23.2 Å². The Morgan fingerprint density at radius 2 is 1.42 bits per heavy atom. The second-order valence-corrected chi connectivity index (χ2v) is 6.60. The molecule has 3 saturated heterocycles. The van der Waals surface area contributed by atoms with Crippen molar-refractivity contribution in [2.75, 3.05) is 46.4 Å². The van der Waals surface area contributed by atoms with Crippen molar-refractivity contribution in [3.8, 4) is 0 Å². The Kier molecular flexibility index (Phi) is 12.1. The van der Waals surface area contributed by atoms with Crippen LogP contribution in [0.25, 0.3) is 0 Å². The van der Waals surface area contributed by atoms with E-state index in [0.717, 1.165) is 39.3 Å². The molecule has 0 radical (unpaired) electrons. The molecule has 3 aliphatic heterocycles. The van der Waals surface area contributed by atoms with E-state index in [0.29, 0.717) is 17.1 Å². The van der Waals surface area contributed by atoms with Crippen LogP contribution >= 0.6 is 0 Å². The number of nitrogens with zero attached hydrogens (tertiary/aromatic N) is 3. The van der Waals surface area contributed by atoms with Crippen LogP contribution in [0.3, 0.4) is 0 Å². The molecule has 0 amide bonds. The number of ketones is 2. The molecule has 3 heterocycles. The molecule has 4 rings (SSSR count). The average Bonchev–Trinajstić information content (AvgIpc) is 3.42. The second-order valence-electron chi connectivity index (χ2n) is 5.45. The van der Waals surface area contributed by atoms with Gasteiger partial charge < -0.3 is 27.9 Å². The van der Waals surface area contributed by atoms with Gasteiger partial charge in [-0.15, -0.1) is 0 Å². The van der Waals surface area contributed by atoms with Crippen LogP contribution in [0.2, 0.25) is 0 Å². The van der Waals surface area contributed by atoms with Gasteiger partial charge in [0.2, 0.25) is 11.6 Å². The Labute approximate surface area is 224 Å². The summed E-state index contributed by atoms with van der Waals surface area (Å²) in [6.07, 6.45) is 1.52. The number of hydrogen-bond donors (Lipinski definition) is 1. The van der Waals surface area contributed by atoms with Gasteiger partial charge in [-0.2, -0.15) is 5.90 Å². The summed E-state index contributed by atoms with van der Waals surface area (Å²) in [6, 6.07) is 0. The number of carbonyl (C=O) groups excluding carboxylic acids is 2. The fraction of sp³-hybridized carbons (Fsp3) is 0.538. The second kappa shape index (κ2) is 11.7. The fourth-order valence-electron chi connectivity index (χ4n) is 2.32. The van der Waals surface area contributed by atoms with Gasteiger partial charge in [0, 0.05) is 45.3 Å². The predicted octanol–water partition coefficient (Wildman–Crippen LogP) is -10.5. The number of hydrogen-bond acceptors (Lipinski definition) is 9. The smallest absolute Gasteiger partial charge is 1.00 e. The maximum Gasteiger partial charge on any atom is 1.00 e. The molecule has 130 valence electrons. The van der Waals surface area contributed by atoms with E-state index in [2.05, 4.69) is 14.8 Å². The minimum Gasteiger partial charge on any atom is -1.00 e. The molecular weight excluding hydrogens is 389 g/mol. The Balaban J connectivity index is -0.000000236. The van der Waals surface area contributed by atoms with Crippen molar-refractivity contribution in [2.24, 2.45) is 5.90 Å². The van der Waals surface area contributed by atoms with E-state index in [-0.39, 0.29) is 105 Å². The third-order valence-corrected chi connectivity index (χ3v) is 4.28. The molecule has 9 nitrogen and oxygen atoms in total. The van der Waals surface area contributed by atoms with Crippen molar-refractivity contribution in [3.05, 3.63) is 23.2 Å². The fourth-order valence-corrected chi connectivity index (χ4v) is 2.42. The number of allylic oxidation sites excluding steroid dienone is 1. The predicted molar refractivity (Wildman–Crippen MR) is 81.9 cm³/mol. The van der Waals surface area contributed by atoms with E-state index in [1.54, 1.807) is 0 Å². The van der Waals surface area contributed by atoms with Crippen LogP contribution < -0.4 is 94.6 Å². The SMILES string of the molecule is CO[Si](=O)ON.O=C1C=C(N2CC2)C(=O)C(N2CC2)=C1N1CC1.[H-].[H-].[H-].[Na+].[Na+].[Na+]. The van der Waals surface area contributed by atoms with Crippen LogP contribution in [0, 0.1) is 0 Å². The van der Waals surface area contributed by atoms with Crippen LogP contribution in [-0.2, 0) is 23.0 Å². The van der Waals surface area contributed by atoms with E-state index in [1.165, 1.54) is 13.2 Å². The summed E-state index contributed by atoms with van der Waals surface area (Å²) in [4.78, 5) is 30.5. The van der Waals surface area contributed by atoms with Gasteiger partial charge >= 0.3 is 97.8 Å². The third-order valence-electron chi connectivity index (χ3n) is 3.75. The molecule has 2 N–H and O–H groups in total. The van der Waals surface area contributed by atoms with Crippen molar-refractivity contribution in [3.63, 3.8) is 0 Å². The quantitative estimate of drug-likeness (QED) is 0.205. The van der Waals surface area contributed by atoms with Gasteiger partial charge in [0.1, 0.15) is 11.4 Å². The Hall–Kier alpha value is 0.797. The van der Waals surface area contributed by atoms with Crippen molar-refractivity contribution >= 4 is 20.7 Å². The molecule has 0 spiro atoms. The van der Waals surface area contributed by atoms with Gasteiger partial charge in [-0.05, 0) is 0 Å². The summed E-state index contributed by atoms with van der Waals surface area (Å²) < 4.78 is 17.6. The van der Waals surface area contributed by atoms with Crippen molar-refractivity contribution in [1.82, 2.24) is 14.7 Å². The molecule has 0 unspecified atom stereocenters. The first kappa shape index (κ1) is 26.8. The Bertz CT molecular complexity index is 641. The topological polar surface area (TPSA) is 105 Å². The Morgan fingerprint density at radius 3 is 1.77 bits per heavy atom. The van der Waals surface area contributed by atoms with Gasteiger partial charge in [0.25, 0.3) is 0 Å². The first-order valence-corrected chi connectivity index (χ1v) is 8.53. The van der Waals surface area contributed by atoms with E-state index in [9.17, 15) is 14.1 Å². The summed E-state index contributed by atoms with van der Waals surface area (Å²) in [7, 11) is -1.08. The molecule has 3 fully saturated rings. The molecule has 0 aromatic rings. The molecule has 0 atom stereocenters. The number of nitrogens with two attached hydrogens (primary N) is 1. The summed E-state index contributed by atoms with van der Waals surface area (Å²) >= 11 is 0. The van der Waals surface area contributed by atoms with Crippen LogP contribution in [-0.4, -0.2) is 81.8 Å². The normalized spacial score (nSPS) is 19.0. The van der Waals surface area contributed by atoms with E-state index >= 15 is 0 Å². The number of carbonyl (C=O) groups is 2.